The van der Waals surface area contributed by atoms with Crippen LogP contribution in [0.5, 0.6) is 11.6 Å². The number of carbonyl (C=O) groups is 3. The van der Waals surface area contributed by atoms with Crippen LogP contribution in [0.3, 0.4) is 0 Å². The van der Waals surface area contributed by atoms with E-state index in [9.17, 15) is 19.5 Å². The fourth-order valence-electron chi connectivity index (χ4n) is 5.85. The Morgan fingerprint density at radius 2 is 1.64 bits per heavy atom. The molecular weight excluding hydrogens is 560 g/mol. The van der Waals surface area contributed by atoms with E-state index in [-0.39, 0.29) is 23.6 Å². The Morgan fingerprint density at radius 1 is 0.932 bits per heavy atom. The Hall–Kier alpha value is -4.24. The van der Waals surface area contributed by atoms with Crippen LogP contribution in [-0.2, 0) is 16.1 Å². The Bertz CT molecular complexity index is 1500. The van der Waals surface area contributed by atoms with Crippen LogP contribution in [0.4, 0.5) is 0 Å². The number of carbonyl (C=O) groups excluding carboxylic acids is 2. The Balaban J connectivity index is 1.73. The van der Waals surface area contributed by atoms with Crippen molar-refractivity contribution in [2.45, 2.75) is 72.0 Å². The molecule has 1 aromatic heterocycles. The lowest BCUT2D eigenvalue weighted by Crippen LogP contribution is -2.36. The predicted octanol–water partition coefficient (Wildman–Crippen LogP) is 6.60. The van der Waals surface area contributed by atoms with Crippen LogP contribution >= 0.6 is 0 Å². The molecule has 3 aromatic rings. The van der Waals surface area contributed by atoms with Crippen molar-refractivity contribution in [2.75, 3.05) is 14.2 Å². The number of hydrogen-bond donors (Lipinski definition) is 1. The van der Waals surface area contributed by atoms with Crippen LogP contribution in [0, 0.1) is 11.8 Å². The van der Waals surface area contributed by atoms with E-state index in [1.54, 1.807) is 49.4 Å². The molecule has 0 unspecified atom stereocenters. The van der Waals surface area contributed by atoms with E-state index >= 15 is 0 Å². The highest BCUT2D eigenvalue weighted by molar-refractivity contribution is 5.98. The van der Waals surface area contributed by atoms with Crippen molar-refractivity contribution in [2.24, 2.45) is 11.8 Å². The highest BCUT2D eigenvalue weighted by Gasteiger charge is 2.38. The topological polar surface area (TPSA) is 115 Å². The number of hydrogen-bond acceptors (Lipinski definition) is 8. The van der Waals surface area contributed by atoms with Gasteiger partial charge in [-0.25, -0.2) is 14.6 Å². The summed E-state index contributed by atoms with van der Waals surface area (Å²) < 4.78 is 16.2. The Labute approximate surface area is 259 Å². The van der Waals surface area contributed by atoms with E-state index in [1.807, 2.05) is 6.07 Å². The van der Waals surface area contributed by atoms with Crippen LogP contribution < -0.4 is 9.47 Å². The summed E-state index contributed by atoms with van der Waals surface area (Å²) in [6, 6.07) is 14.6. The second-order valence-electron chi connectivity index (χ2n) is 11.9. The maximum atomic E-state index is 13.5. The van der Waals surface area contributed by atoms with E-state index < -0.39 is 23.8 Å². The third kappa shape index (κ3) is 7.45. The molecule has 1 heterocycles. The molecule has 2 aromatic carbocycles. The largest absolute Gasteiger partial charge is 0.481 e. The van der Waals surface area contributed by atoms with Gasteiger partial charge in [0.2, 0.25) is 5.88 Å². The highest BCUT2D eigenvalue weighted by Crippen LogP contribution is 2.47. The second-order valence-corrected chi connectivity index (χ2v) is 11.9. The SMILES string of the molecule is COC(=O)c1cnc(OC)cc1-c1ccc(C(=O)Oc2cccc([C@H](C3CC3)[C@H](C)C(=O)O)c2)cc1CN(C(C)C)C(C)C. The van der Waals surface area contributed by atoms with Crippen molar-refractivity contribution < 1.29 is 33.7 Å². The van der Waals surface area contributed by atoms with Crippen LogP contribution in [0.2, 0.25) is 0 Å². The highest BCUT2D eigenvalue weighted by atomic mass is 16.5. The number of methoxy groups -OCH3 is 2. The first kappa shape index (κ1) is 32.7. The van der Waals surface area contributed by atoms with Crippen LogP contribution in [0.15, 0.2) is 54.7 Å². The van der Waals surface area contributed by atoms with Gasteiger partial charge in [-0.2, -0.15) is 0 Å². The molecule has 234 valence electrons. The molecule has 1 aliphatic carbocycles. The summed E-state index contributed by atoms with van der Waals surface area (Å²) in [7, 11) is 2.83. The number of esters is 2. The second kappa shape index (κ2) is 14.0. The molecule has 44 heavy (non-hydrogen) atoms. The first-order valence-electron chi connectivity index (χ1n) is 15.0. The fraction of sp³-hybridized carbons (Fsp3) is 0.429. The molecule has 9 nitrogen and oxygen atoms in total. The number of rotatable bonds is 13. The molecule has 0 aliphatic heterocycles. The number of aromatic nitrogens is 1. The summed E-state index contributed by atoms with van der Waals surface area (Å²) in [6.45, 7) is 10.7. The van der Waals surface area contributed by atoms with Gasteiger partial charge in [-0.05, 0) is 93.3 Å². The molecule has 0 amide bonds. The quantitative estimate of drug-likeness (QED) is 0.171. The molecule has 1 fully saturated rings. The first-order valence-corrected chi connectivity index (χ1v) is 15.0. The fourth-order valence-corrected chi connectivity index (χ4v) is 5.85. The van der Waals surface area contributed by atoms with Gasteiger partial charge in [0, 0.05) is 36.5 Å². The Kier molecular flexibility index (Phi) is 10.4. The smallest absolute Gasteiger partial charge is 0.343 e. The van der Waals surface area contributed by atoms with E-state index in [2.05, 4.69) is 37.6 Å². The normalized spacial score (nSPS) is 14.4. The minimum absolute atomic E-state index is 0.142. The zero-order valence-corrected chi connectivity index (χ0v) is 26.5. The summed E-state index contributed by atoms with van der Waals surface area (Å²) in [5.74, 6) is -1.58. The summed E-state index contributed by atoms with van der Waals surface area (Å²) >= 11 is 0. The third-order valence-electron chi connectivity index (χ3n) is 8.32. The van der Waals surface area contributed by atoms with Gasteiger partial charge in [0.25, 0.3) is 0 Å². The average molecular weight is 603 g/mol. The molecule has 0 bridgehead atoms. The van der Waals surface area contributed by atoms with Crippen molar-refractivity contribution in [1.82, 2.24) is 9.88 Å². The van der Waals surface area contributed by atoms with Gasteiger partial charge in [0.1, 0.15) is 5.75 Å². The molecule has 1 saturated carbocycles. The summed E-state index contributed by atoms with van der Waals surface area (Å²) in [5.41, 5.74) is 3.62. The van der Waals surface area contributed by atoms with Crippen LogP contribution in [-0.4, -0.2) is 59.2 Å². The molecule has 9 heteroatoms. The lowest BCUT2D eigenvalue weighted by atomic mass is 9.83. The first-order chi connectivity index (χ1) is 20.9. The number of carboxylic acids is 1. The number of aliphatic carboxylic acids is 1. The number of nitrogens with zero attached hydrogens (tertiary/aromatic N) is 2. The van der Waals surface area contributed by atoms with Crippen molar-refractivity contribution in [1.29, 1.82) is 0 Å². The average Bonchev–Trinajstić information content (AvgIpc) is 3.84. The number of pyridine rings is 1. The molecule has 4 rings (SSSR count). The van der Waals surface area contributed by atoms with Crippen molar-refractivity contribution in [3.63, 3.8) is 0 Å². The van der Waals surface area contributed by atoms with Gasteiger partial charge in [0.15, 0.2) is 0 Å². The van der Waals surface area contributed by atoms with E-state index in [0.29, 0.717) is 35.2 Å². The molecule has 1 N–H and O–H groups in total. The number of carboxylic acid groups (broad SMARTS) is 1. The zero-order chi connectivity index (χ0) is 32.1. The minimum atomic E-state index is -0.837. The van der Waals surface area contributed by atoms with E-state index in [1.165, 1.54) is 20.4 Å². The molecule has 0 saturated heterocycles. The van der Waals surface area contributed by atoms with E-state index in [0.717, 1.165) is 29.5 Å². The summed E-state index contributed by atoms with van der Waals surface area (Å²) in [6.07, 6.45) is 3.42. The van der Waals surface area contributed by atoms with Gasteiger partial charge < -0.3 is 19.3 Å². The monoisotopic (exact) mass is 602 g/mol. The van der Waals surface area contributed by atoms with E-state index in [4.69, 9.17) is 14.2 Å². The minimum Gasteiger partial charge on any atom is -0.481 e. The molecule has 1 aliphatic rings. The summed E-state index contributed by atoms with van der Waals surface area (Å²) in [4.78, 5) is 44.5. The number of ether oxygens (including phenoxy) is 3. The molecular formula is C35H42N2O7. The summed E-state index contributed by atoms with van der Waals surface area (Å²) in [5, 5.41) is 9.68. The predicted molar refractivity (Wildman–Crippen MR) is 167 cm³/mol. The van der Waals surface area contributed by atoms with Gasteiger partial charge >= 0.3 is 17.9 Å². The van der Waals surface area contributed by atoms with Gasteiger partial charge in [-0.1, -0.05) is 25.1 Å². The van der Waals surface area contributed by atoms with Gasteiger partial charge in [-0.3, -0.25) is 9.69 Å². The maximum absolute atomic E-state index is 13.5. The maximum Gasteiger partial charge on any atom is 0.343 e. The van der Waals surface area contributed by atoms with Crippen molar-refractivity contribution >= 4 is 17.9 Å². The lowest BCUT2D eigenvalue weighted by molar-refractivity contribution is -0.142. The van der Waals surface area contributed by atoms with Crippen molar-refractivity contribution in [3.8, 4) is 22.8 Å². The zero-order valence-electron chi connectivity index (χ0n) is 26.5. The molecule has 2 atom stereocenters. The number of benzene rings is 2. The van der Waals surface area contributed by atoms with Gasteiger partial charge in [0.05, 0.1) is 31.3 Å². The molecule has 0 spiro atoms. The van der Waals surface area contributed by atoms with Crippen LogP contribution in [0.1, 0.15) is 85.2 Å². The molecule has 0 radical (unpaired) electrons. The van der Waals surface area contributed by atoms with Gasteiger partial charge in [-0.15, -0.1) is 0 Å². The van der Waals surface area contributed by atoms with Crippen LogP contribution in [0.25, 0.3) is 11.1 Å². The Morgan fingerprint density at radius 3 is 2.23 bits per heavy atom. The lowest BCUT2D eigenvalue weighted by Gasteiger charge is -2.31. The third-order valence-corrected chi connectivity index (χ3v) is 8.32. The van der Waals surface area contributed by atoms with Crippen molar-refractivity contribution in [3.05, 3.63) is 77.0 Å². The standard InChI is InChI=1S/C35H42N2O7/c1-20(2)37(21(3)4)19-26-15-25(13-14-28(26)29-17-31(42-6)36-18-30(29)35(41)43-7)34(40)44-27-10-8-9-24(16-27)32(23-11-12-23)22(5)33(38)39/h8-10,13-18,20-23,32H,11-12,19H2,1-7H3,(H,38,39)/t22-,32-/m0/s1.